The Morgan fingerprint density at radius 1 is 1.24 bits per heavy atom. The van der Waals surface area contributed by atoms with Gasteiger partial charge in [0, 0.05) is 24.7 Å². The van der Waals surface area contributed by atoms with E-state index >= 15 is 0 Å². The first kappa shape index (κ1) is 16.1. The number of aromatic hydroxyl groups is 2. The van der Waals surface area contributed by atoms with Gasteiger partial charge in [-0.05, 0) is 57.0 Å². The van der Waals surface area contributed by atoms with Gasteiger partial charge in [0.2, 0.25) is 0 Å². The summed E-state index contributed by atoms with van der Waals surface area (Å²) >= 11 is 0. The highest BCUT2D eigenvalue weighted by atomic mass is 16.3. The first-order valence-electron chi connectivity index (χ1n) is 8.10. The minimum Gasteiger partial charge on any atom is -0.508 e. The zero-order valence-electron chi connectivity index (χ0n) is 13.2. The standard InChI is InChI=1S/C17H28N2O2/c1-3-8-19(12-15-6-4-5-7-18-15)13(2)14-9-16(20)11-17(21)10-14/h9-11,13,15,18,20-21H,3-8,12H2,1-2H3. The molecule has 3 N–H and O–H groups in total. The normalized spacial score (nSPS) is 20.6. The molecule has 0 aliphatic carbocycles. The molecule has 0 spiro atoms. The Bertz CT molecular complexity index is 424. The molecule has 0 radical (unpaired) electrons. The van der Waals surface area contributed by atoms with Crippen molar-refractivity contribution in [2.45, 2.75) is 51.6 Å². The van der Waals surface area contributed by atoms with Crippen molar-refractivity contribution in [3.8, 4) is 11.5 Å². The van der Waals surface area contributed by atoms with Crippen LogP contribution in [0.3, 0.4) is 0 Å². The van der Waals surface area contributed by atoms with Crippen molar-refractivity contribution in [2.75, 3.05) is 19.6 Å². The van der Waals surface area contributed by atoms with Gasteiger partial charge in [-0.3, -0.25) is 4.90 Å². The number of rotatable bonds is 6. The van der Waals surface area contributed by atoms with Gasteiger partial charge in [-0.2, -0.15) is 0 Å². The molecule has 118 valence electrons. The summed E-state index contributed by atoms with van der Waals surface area (Å²) in [6.07, 6.45) is 4.92. The van der Waals surface area contributed by atoms with Crippen LogP contribution in [0.25, 0.3) is 0 Å². The van der Waals surface area contributed by atoms with Crippen LogP contribution >= 0.6 is 0 Å². The lowest BCUT2D eigenvalue weighted by Crippen LogP contribution is -2.44. The lowest BCUT2D eigenvalue weighted by molar-refractivity contribution is 0.175. The fourth-order valence-corrected chi connectivity index (χ4v) is 3.16. The van der Waals surface area contributed by atoms with Crippen molar-refractivity contribution in [1.82, 2.24) is 10.2 Å². The monoisotopic (exact) mass is 292 g/mol. The smallest absolute Gasteiger partial charge is 0.119 e. The number of nitrogens with zero attached hydrogens (tertiary/aromatic N) is 1. The maximum Gasteiger partial charge on any atom is 0.119 e. The highest BCUT2D eigenvalue weighted by molar-refractivity contribution is 5.38. The Labute approximate surface area is 127 Å². The van der Waals surface area contributed by atoms with Gasteiger partial charge in [0.1, 0.15) is 11.5 Å². The molecule has 1 aromatic rings. The van der Waals surface area contributed by atoms with Crippen molar-refractivity contribution >= 4 is 0 Å². The summed E-state index contributed by atoms with van der Waals surface area (Å²) in [5.74, 6) is 0.258. The molecule has 1 aromatic carbocycles. The van der Waals surface area contributed by atoms with E-state index < -0.39 is 0 Å². The van der Waals surface area contributed by atoms with E-state index in [1.165, 1.54) is 25.3 Å². The van der Waals surface area contributed by atoms with Crippen molar-refractivity contribution in [1.29, 1.82) is 0 Å². The summed E-state index contributed by atoms with van der Waals surface area (Å²) < 4.78 is 0. The topological polar surface area (TPSA) is 55.7 Å². The fourth-order valence-electron chi connectivity index (χ4n) is 3.16. The predicted octanol–water partition coefficient (Wildman–Crippen LogP) is 3.01. The van der Waals surface area contributed by atoms with Crippen LogP contribution in [0.15, 0.2) is 18.2 Å². The summed E-state index contributed by atoms with van der Waals surface area (Å²) in [5.41, 5.74) is 0.969. The molecule has 4 heteroatoms. The van der Waals surface area contributed by atoms with Gasteiger partial charge < -0.3 is 15.5 Å². The molecule has 0 saturated carbocycles. The second-order valence-electron chi connectivity index (χ2n) is 6.10. The van der Waals surface area contributed by atoms with E-state index in [1.807, 2.05) is 0 Å². The van der Waals surface area contributed by atoms with E-state index in [0.29, 0.717) is 6.04 Å². The lowest BCUT2D eigenvalue weighted by Gasteiger charge is -2.34. The van der Waals surface area contributed by atoms with Gasteiger partial charge in [-0.15, -0.1) is 0 Å². The number of benzene rings is 1. The number of phenolic OH excluding ortho intramolecular Hbond substituents is 2. The number of hydrogen-bond donors (Lipinski definition) is 3. The van der Waals surface area contributed by atoms with Crippen LogP contribution in [-0.2, 0) is 0 Å². The van der Waals surface area contributed by atoms with Crippen LogP contribution in [0, 0.1) is 0 Å². The molecule has 0 aromatic heterocycles. The maximum atomic E-state index is 9.69. The molecule has 2 rings (SSSR count). The zero-order valence-corrected chi connectivity index (χ0v) is 13.2. The third-order valence-electron chi connectivity index (χ3n) is 4.33. The molecule has 0 amide bonds. The van der Waals surface area contributed by atoms with Crippen molar-refractivity contribution in [3.63, 3.8) is 0 Å². The minimum absolute atomic E-state index is 0.129. The minimum atomic E-state index is 0.129. The van der Waals surface area contributed by atoms with Crippen molar-refractivity contribution < 1.29 is 10.2 Å². The van der Waals surface area contributed by atoms with Gasteiger partial charge in [-0.25, -0.2) is 0 Å². The summed E-state index contributed by atoms with van der Waals surface area (Å²) in [7, 11) is 0. The number of phenols is 2. The summed E-state index contributed by atoms with van der Waals surface area (Å²) in [6, 6.07) is 5.62. The SMILES string of the molecule is CCCN(CC1CCCCN1)C(C)c1cc(O)cc(O)c1. The van der Waals surface area contributed by atoms with E-state index in [4.69, 9.17) is 0 Å². The first-order valence-corrected chi connectivity index (χ1v) is 8.10. The van der Waals surface area contributed by atoms with Gasteiger partial charge in [0.25, 0.3) is 0 Å². The van der Waals surface area contributed by atoms with Crippen molar-refractivity contribution in [3.05, 3.63) is 23.8 Å². The molecular weight excluding hydrogens is 264 g/mol. The first-order chi connectivity index (χ1) is 10.1. The van der Waals surface area contributed by atoms with Crippen LogP contribution in [0.4, 0.5) is 0 Å². The Hall–Kier alpha value is -1.26. The van der Waals surface area contributed by atoms with Gasteiger partial charge in [-0.1, -0.05) is 13.3 Å². The van der Waals surface area contributed by atoms with Crippen LogP contribution in [0.2, 0.25) is 0 Å². The van der Waals surface area contributed by atoms with E-state index in [-0.39, 0.29) is 17.5 Å². The highest BCUT2D eigenvalue weighted by Crippen LogP contribution is 2.28. The largest absolute Gasteiger partial charge is 0.508 e. The van der Waals surface area contributed by atoms with Crippen LogP contribution in [0.5, 0.6) is 11.5 Å². The van der Waals surface area contributed by atoms with E-state index in [1.54, 1.807) is 12.1 Å². The zero-order chi connectivity index (χ0) is 15.2. The molecule has 1 aliphatic heterocycles. The van der Waals surface area contributed by atoms with Crippen molar-refractivity contribution in [2.24, 2.45) is 0 Å². The number of piperidine rings is 1. The number of nitrogens with one attached hydrogen (secondary N) is 1. The average Bonchev–Trinajstić information content (AvgIpc) is 2.46. The molecule has 1 saturated heterocycles. The molecule has 2 atom stereocenters. The summed E-state index contributed by atoms with van der Waals surface area (Å²) in [6.45, 7) is 7.49. The van der Waals surface area contributed by atoms with Crippen LogP contribution < -0.4 is 5.32 Å². The quantitative estimate of drug-likeness (QED) is 0.754. The highest BCUT2D eigenvalue weighted by Gasteiger charge is 2.21. The molecule has 1 heterocycles. The van der Waals surface area contributed by atoms with Gasteiger partial charge in [0.15, 0.2) is 0 Å². The summed E-state index contributed by atoms with van der Waals surface area (Å²) in [4.78, 5) is 2.44. The third-order valence-corrected chi connectivity index (χ3v) is 4.33. The van der Waals surface area contributed by atoms with E-state index in [0.717, 1.165) is 31.6 Å². The molecule has 1 fully saturated rings. The second-order valence-corrected chi connectivity index (χ2v) is 6.10. The molecule has 21 heavy (non-hydrogen) atoms. The van der Waals surface area contributed by atoms with Gasteiger partial charge >= 0.3 is 0 Å². The molecule has 2 unspecified atom stereocenters. The van der Waals surface area contributed by atoms with Gasteiger partial charge in [0.05, 0.1) is 0 Å². The summed E-state index contributed by atoms with van der Waals surface area (Å²) in [5, 5.41) is 23.0. The lowest BCUT2D eigenvalue weighted by atomic mass is 10.0. The van der Waals surface area contributed by atoms with E-state index in [2.05, 4.69) is 24.1 Å². The molecule has 0 bridgehead atoms. The Kier molecular flexibility index (Phi) is 5.88. The Morgan fingerprint density at radius 2 is 1.95 bits per heavy atom. The van der Waals surface area contributed by atoms with Crippen LogP contribution in [0.1, 0.15) is 51.1 Å². The molecule has 4 nitrogen and oxygen atoms in total. The third kappa shape index (κ3) is 4.61. The number of hydrogen-bond acceptors (Lipinski definition) is 4. The average molecular weight is 292 g/mol. The molecule has 1 aliphatic rings. The predicted molar refractivity (Wildman–Crippen MR) is 85.7 cm³/mol. The molecular formula is C17H28N2O2. The van der Waals surface area contributed by atoms with Crippen LogP contribution in [-0.4, -0.2) is 40.8 Å². The second kappa shape index (κ2) is 7.66. The Balaban J connectivity index is 2.08. The Morgan fingerprint density at radius 3 is 2.52 bits per heavy atom. The van der Waals surface area contributed by atoms with E-state index in [9.17, 15) is 10.2 Å². The maximum absolute atomic E-state index is 9.69. The fraction of sp³-hybridized carbons (Fsp3) is 0.647.